The molecule has 0 aromatic heterocycles. The maximum Gasteiger partial charge on any atom is 0.242 e. The van der Waals surface area contributed by atoms with E-state index in [9.17, 15) is 4.79 Å². The molecule has 6 heteroatoms. The fourth-order valence-electron chi connectivity index (χ4n) is 1.76. The van der Waals surface area contributed by atoms with Crippen LogP contribution in [-0.2, 0) is 4.79 Å². The average molecular weight is 394 g/mol. The van der Waals surface area contributed by atoms with Gasteiger partial charge in [0.05, 0.1) is 11.7 Å². The van der Waals surface area contributed by atoms with Crippen molar-refractivity contribution in [3.63, 3.8) is 0 Å². The molecule has 0 saturated carbocycles. The Labute approximate surface area is 128 Å². The van der Waals surface area contributed by atoms with Gasteiger partial charge in [-0.15, -0.1) is 0 Å². The lowest BCUT2D eigenvalue weighted by atomic mass is 10.2. The van der Waals surface area contributed by atoms with Gasteiger partial charge in [0.2, 0.25) is 5.91 Å². The van der Waals surface area contributed by atoms with Crippen molar-refractivity contribution in [2.75, 3.05) is 23.4 Å². The predicted molar refractivity (Wildman–Crippen MR) is 84.3 cm³/mol. The van der Waals surface area contributed by atoms with Crippen molar-refractivity contribution >= 4 is 55.2 Å². The molecule has 1 unspecified atom stereocenters. The number of rotatable bonds is 2. The number of nitrogens with one attached hydrogen (secondary N) is 2. The zero-order valence-corrected chi connectivity index (χ0v) is 13.9. The van der Waals surface area contributed by atoms with Crippen molar-refractivity contribution in [1.82, 2.24) is 5.32 Å². The van der Waals surface area contributed by atoms with Gasteiger partial charge in [-0.05, 0) is 56.5 Å². The number of halogens is 2. The average Bonchev–Trinajstić information content (AvgIpc) is 2.34. The standard InChI is InChI=1S/C12H14Br2N2OS/c1-7-4-8(13)11(9(14)5-7)16-12(17)10-6-18-3-2-15-10/h4-5,10,15H,2-3,6H2,1H3,(H,16,17). The fourth-order valence-corrected chi connectivity index (χ4v) is 4.31. The Morgan fingerprint density at radius 3 is 2.67 bits per heavy atom. The Bertz CT molecular complexity index is 438. The molecule has 1 aromatic rings. The van der Waals surface area contributed by atoms with E-state index in [0.29, 0.717) is 0 Å². The van der Waals surface area contributed by atoms with E-state index in [-0.39, 0.29) is 11.9 Å². The number of carbonyl (C=O) groups is 1. The van der Waals surface area contributed by atoms with Crippen LogP contribution in [0.25, 0.3) is 0 Å². The molecule has 0 radical (unpaired) electrons. The Morgan fingerprint density at radius 2 is 2.11 bits per heavy atom. The minimum Gasteiger partial charge on any atom is -0.323 e. The van der Waals surface area contributed by atoms with E-state index < -0.39 is 0 Å². The van der Waals surface area contributed by atoms with E-state index >= 15 is 0 Å². The SMILES string of the molecule is Cc1cc(Br)c(NC(=O)C2CSCCN2)c(Br)c1. The van der Waals surface area contributed by atoms with E-state index in [4.69, 9.17) is 0 Å². The number of hydrogen-bond donors (Lipinski definition) is 2. The molecule has 2 N–H and O–H groups in total. The fraction of sp³-hybridized carbons (Fsp3) is 0.417. The minimum atomic E-state index is -0.108. The summed E-state index contributed by atoms with van der Waals surface area (Å²) in [6.07, 6.45) is 0. The number of thioether (sulfide) groups is 1. The summed E-state index contributed by atoms with van der Waals surface area (Å²) in [5.41, 5.74) is 1.93. The van der Waals surface area contributed by atoms with Crippen LogP contribution in [0, 0.1) is 6.92 Å². The van der Waals surface area contributed by atoms with Crippen molar-refractivity contribution in [1.29, 1.82) is 0 Å². The quantitative estimate of drug-likeness (QED) is 0.810. The number of amides is 1. The molecular formula is C12H14Br2N2OS. The largest absolute Gasteiger partial charge is 0.323 e. The van der Waals surface area contributed by atoms with Crippen molar-refractivity contribution in [2.24, 2.45) is 0 Å². The van der Waals surface area contributed by atoms with Crippen LogP contribution in [0.1, 0.15) is 5.56 Å². The molecule has 18 heavy (non-hydrogen) atoms. The first-order valence-corrected chi connectivity index (χ1v) is 8.39. The van der Waals surface area contributed by atoms with Gasteiger partial charge in [0.15, 0.2) is 0 Å². The second kappa shape index (κ2) is 6.41. The third-order valence-corrected chi connectivity index (χ3v) is 4.99. The van der Waals surface area contributed by atoms with Crippen molar-refractivity contribution in [2.45, 2.75) is 13.0 Å². The van der Waals surface area contributed by atoms with Crippen LogP contribution in [0.5, 0.6) is 0 Å². The van der Waals surface area contributed by atoms with E-state index in [1.807, 2.05) is 19.1 Å². The highest BCUT2D eigenvalue weighted by Gasteiger charge is 2.22. The topological polar surface area (TPSA) is 41.1 Å². The monoisotopic (exact) mass is 392 g/mol. The number of benzene rings is 1. The molecule has 2 rings (SSSR count). The molecule has 3 nitrogen and oxygen atoms in total. The Hall–Kier alpha value is -0.0400. The molecule has 1 aliphatic heterocycles. The van der Waals surface area contributed by atoms with Crippen LogP contribution < -0.4 is 10.6 Å². The van der Waals surface area contributed by atoms with Crippen LogP contribution in [0.3, 0.4) is 0 Å². The first kappa shape index (κ1) is 14.4. The lowest BCUT2D eigenvalue weighted by molar-refractivity contribution is -0.117. The van der Waals surface area contributed by atoms with Crippen LogP contribution >= 0.6 is 43.6 Å². The maximum absolute atomic E-state index is 12.1. The molecular weight excluding hydrogens is 380 g/mol. The number of carbonyl (C=O) groups excluding carboxylic acids is 1. The maximum atomic E-state index is 12.1. The van der Waals surface area contributed by atoms with E-state index in [1.165, 1.54) is 0 Å². The smallest absolute Gasteiger partial charge is 0.242 e. The van der Waals surface area contributed by atoms with Crippen molar-refractivity contribution in [3.05, 3.63) is 26.6 Å². The summed E-state index contributed by atoms with van der Waals surface area (Å²) in [4.78, 5) is 12.1. The van der Waals surface area contributed by atoms with Gasteiger partial charge in [-0.3, -0.25) is 4.79 Å². The second-order valence-electron chi connectivity index (χ2n) is 4.17. The Morgan fingerprint density at radius 1 is 1.44 bits per heavy atom. The number of hydrogen-bond acceptors (Lipinski definition) is 3. The van der Waals surface area contributed by atoms with Crippen LogP contribution in [-0.4, -0.2) is 30.0 Å². The van der Waals surface area contributed by atoms with Crippen molar-refractivity contribution in [3.8, 4) is 0 Å². The summed E-state index contributed by atoms with van der Waals surface area (Å²) in [6, 6.07) is 3.87. The molecule has 1 saturated heterocycles. The van der Waals surface area contributed by atoms with Gasteiger partial charge in [0.25, 0.3) is 0 Å². The van der Waals surface area contributed by atoms with E-state index in [1.54, 1.807) is 11.8 Å². The van der Waals surface area contributed by atoms with Gasteiger partial charge < -0.3 is 10.6 Å². The molecule has 0 bridgehead atoms. The van der Waals surface area contributed by atoms with Crippen LogP contribution in [0.15, 0.2) is 21.1 Å². The van der Waals surface area contributed by atoms with Crippen LogP contribution in [0.2, 0.25) is 0 Å². The number of aryl methyl sites for hydroxylation is 1. The predicted octanol–water partition coefficient (Wildman–Crippen LogP) is 3.16. The van der Waals surface area contributed by atoms with Gasteiger partial charge in [0.1, 0.15) is 0 Å². The van der Waals surface area contributed by atoms with Gasteiger partial charge >= 0.3 is 0 Å². The summed E-state index contributed by atoms with van der Waals surface area (Å²) in [5, 5.41) is 6.19. The molecule has 98 valence electrons. The van der Waals surface area contributed by atoms with E-state index in [0.717, 1.165) is 38.2 Å². The summed E-state index contributed by atoms with van der Waals surface area (Å²) in [5.74, 6) is 1.92. The van der Waals surface area contributed by atoms with Gasteiger partial charge in [0, 0.05) is 27.0 Å². The summed E-state index contributed by atoms with van der Waals surface area (Å²) in [6.45, 7) is 2.90. The Kier molecular flexibility index (Phi) is 5.12. The lowest BCUT2D eigenvalue weighted by Crippen LogP contribution is -2.46. The summed E-state index contributed by atoms with van der Waals surface area (Å²) in [7, 11) is 0. The van der Waals surface area contributed by atoms with Gasteiger partial charge in [-0.2, -0.15) is 11.8 Å². The summed E-state index contributed by atoms with van der Waals surface area (Å²) < 4.78 is 1.79. The van der Waals surface area contributed by atoms with Crippen LogP contribution in [0.4, 0.5) is 5.69 Å². The molecule has 1 aliphatic rings. The third kappa shape index (κ3) is 3.50. The molecule has 1 fully saturated rings. The van der Waals surface area contributed by atoms with E-state index in [2.05, 4.69) is 42.5 Å². The molecule has 0 spiro atoms. The highest BCUT2D eigenvalue weighted by Crippen LogP contribution is 2.32. The molecule has 1 heterocycles. The first-order valence-electron chi connectivity index (χ1n) is 5.65. The Balaban J connectivity index is 2.11. The molecule has 1 amide bonds. The summed E-state index contributed by atoms with van der Waals surface area (Å²) >= 11 is 8.77. The molecule has 1 aromatic carbocycles. The molecule has 0 aliphatic carbocycles. The third-order valence-electron chi connectivity index (χ3n) is 2.67. The number of anilines is 1. The van der Waals surface area contributed by atoms with Gasteiger partial charge in [-0.25, -0.2) is 0 Å². The highest BCUT2D eigenvalue weighted by molar-refractivity contribution is 9.11. The zero-order chi connectivity index (χ0) is 13.1. The van der Waals surface area contributed by atoms with Crippen molar-refractivity contribution < 1.29 is 4.79 Å². The first-order chi connectivity index (χ1) is 8.58. The van der Waals surface area contributed by atoms with Gasteiger partial charge in [-0.1, -0.05) is 0 Å². The normalized spacial score (nSPS) is 19.6. The zero-order valence-electron chi connectivity index (χ0n) is 9.93. The second-order valence-corrected chi connectivity index (χ2v) is 7.03. The molecule has 1 atom stereocenters. The minimum absolute atomic E-state index is 0.0208. The highest BCUT2D eigenvalue weighted by atomic mass is 79.9. The lowest BCUT2D eigenvalue weighted by Gasteiger charge is -2.23.